The Hall–Kier alpha value is -0.930. The van der Waals surface area contributed by atoms with Crippen molar-refractivity contribution in [2.45, 2.75) is 115 Å². The molecule has 186 valence electrons. The second kappa shape index (κ2) is 19.7. The summed E-state index contributed by atoms with van der Waals surface area (Å²) in [5.41, 5.74) is 0. The molecule has 1 unspecified atom stereocenters. The Balaban J connectivity index is 4.29. The average molecular weight is 450 g/mol. The van der Waals surface area contributed by atoms with Crippen molar-refractivity contribution in [3.63, 3.8) is 0 Å². The Bertz CT molecular complexity index is 425. The number of hydrogen-bond acceptors (Lipinski definition) is 7. The van der Waals surface area contributed by atoms with Gasteiger partial charge in [-0.05, 0) is 18.8 Å². The Labute approximate surface area is 188 Å². The van der Waals surface area contributed by atoms with Gasteiger partial charge in [-0.3, -0.25) is 0 Å². The van der Waals surface area contributed by atoms with Crippen LogP contribution in [0.4, 0.5) is 4.79 Å². The number of unbranched alkanes of at least 4 members (excludes halogenated alkanes) is 8. The first-order chi connectivity index (χ1) is 14.9. The standard InChI is InChI=1S/C23H47NO7/c1-3-5-7-9-10-12-14-18(13-11-8-6-4-2)17-31-23(30)24-15-19(26)21(28)22(29)20(27)16-25/h18-22,25-29H,3-17H2,1-2H3,(H,24,30)/t18?,19-,20+,21+,22+/m0/s1. The molecule has 8 heteroatoms. The molecule has 0 aliphatic heterocycles. The fourth-order valence-corrected chi connectivity index (χ4v) is 3.50. The molecule has 6 N–H and O–H groups in total. The van der Waals surface area contributed by atoms with Gasteiger partial charge in [0.1, 0.15) is 18.3 Å². The van der Waals surface area contributed by atoms with Gasteiger partial charge in [-0.2, -0.15) is 0 Å². The number of rotatable bonds is 20. The molecule has 0 aromatic carbocycles. The minimum absolute atomic E-state index is 0.311. The zero-order valence-electron chi connectivity index (χ0n) is 19.5. The molecule has 0 radical (unpaired) electrons. The van der Waals surface area contributed by atoms with Gasteiger partial charge < -0.3 is 35.6 Å². The SMILES string of the molecule is CCCCCCCCC(CCCCCC)COC(=O)NC[C@H](O)[C@@H](O)[C@H](O)[C@H](O)CO. The highest BCUT2D eigenvalue weighted by Gasteiger charge is 2.30. The number of alkyl carbamates (subject to hydrolysis) is 1. The van der Waals surface area contributed by atoms with Crippen LogP contribution in [0.5, 0.6) is 0 Å². The van der Waals surface area contributed by atoms with Gasteiger partial charge in [0.15, 0.2) is 0 Å². The zero-order valence-corrected chi connectivity index (χ0v) is 19.5. The molecule has 0 aliphatic carbocycles. The van der Waals surface area contributed by atoms with Crippen LogP contribution >= 0.6 is 0 Å². The Morgan fingerprint density at radius 2 is 1.26 bits per heavy atom. The number of aliphatic hydroxyl groups is 5. The lowest BCUT2D eigenvalue weighted by molar-refractivity contribution is -0.113. The van der Waals surface area contributed by atoms with E-state index >= 15 is 0 Å². The molecule has 0 fully saturated rings. The van der Waals surface area contributed by atoms with Gasteiger partial charge in [-0.25, -0.2) is 4.79 Å². The summed E-state index contributed by atoms with van der Waals surface area (Å²) in [6.45, 7) is 3.61. The zero-order chi connectivity index (χ0) is 23.5. The molecule has 5 atom stereocenters. The lowest BCUT2D eigenvalue weighted by Gasteiger charge is -2.25. The first kappa shape index (κ1) is 30.1. The smallest absolute Gasteiger partial charge is 0.407 e. The molecule has 0 bridgehead atoms. The van der Waals surface area contributed by atoms with E-state index in [0.717, 1.165) is 25.7 Å². The molecule has 0 saturated carbocycles. The Morgan fingerprint density at radius 3 is 1.81 bits per heavy atom. The van der Waals surface area contributed by atoms with Crippen molar-refractivity contribution in [1.82, 2.24) is 5.32 Å². The van der Waals surface area contributed by atoms with Crippen LogP contribution in [-0.4, -0.2) is 75.8 Å². The molecule has 0 aromatic rings. The third-order valence-corrected chi connectivity index (χ3v) is 5.66. The van der Waals surface area contributed by atoms with Crippen LogP contribution in [0.3, 0.4) is 0 Å². The summed E-state index contributed by atoms with van der Waals surface area (Å²) < 4.78 is 5.32. The molecule has 0 spiro atoms. The summed E-state index contributed by atoms with van der Waals surface area (Å²) in [5, 5.41) is 49.7. The van der Waals surface area contributed by atoms with Gasteiger partial charge in [0.25, 0.3) is 0 Å². The molecule has 0 aromatic heterocycles. The third-order valence-electron chi connectivity index (χ3n) is 5.66. The summed E-state index contributed by atoms with van der Waals surface area (Å²) in [6, 6.07) is 0. The highest BCUT2D eigenvalue weighted by molar-refractivity contribution is 5.67. The van der Waals surface area contributed by atoms with Gasteiger partial charge in [0.2, 0.25) is 0 Å². The van der Waals surface area contributed by atoms with Crippen LogP contribution in [0.2, 0.25) is 0 Å². The largest absolute Gasteiger partial charge is 0.449 e. The van der Waals surface area contributed by atoms with Crippen LogP contribution in [0.25, 0.3) is 0 Å². The highest BCUT2D eigenvalue weighted by atomic mass is 16.5. The fourth-order valence-electron chi connectivity index (χ4n) is 3.50. The number of nitrogens with one attached hydrogen (secondary N) is 1. The lowest BCUT2D eigenvalue weighted by Crippen LogP contribution is -2.49. The summed E-state index contributed by atoms with van der Waals surface area (Å²) in [6.07, 6.45) is 6.90. The number of hydrogen-bond donors (Lipinski definition) is 6. The minimum atomic E-state index is -1.72. The van der Waals surface area contributed by atoms with Crippen LogP contribution in [0.15, 0.2) is 0 Å². The van der Waals surface area contributed by atoms with Crippen LogP contribution in [0, 0.1) is 5.92 Å². The van der Waals surface area contributed by atoms with E-state index in [0.29, 0.717) is 12.5 Å². The van der Waals surface area contributed by atoms with Gasteiger partial charge >= 0.3 is 6.09 Å². The quantitative estimate of drug-likeness (QED) is 0.157. The van der Waals surface area contributed by atoms with Crippen molar-refractivity contribution in [2.75, 3.05) is 19.8 Å². The third kappa shape index (κ3) is 15.5. The molecular formula is C23H47NO7. The Morgan fingerprint density at radius 1 is 0.774 bits per heavy atom. The molecule has 0 rings (SSSR count). The maximum Gasteiger partial charge on any atom is 0.407 e. The molecule has 0 saturated heterocycles. The van der Waals surface area contributed by atoms with Gasteiger partial charge in [-0.1, -0.05) is 78.1 Å². The number of ether oxygens (including phenoxy) is 1. The van der Waals surface area contributed by atoms with Crippen molar-refractivity contribution in [3.05, 3.63) is 0 Å². The second-order valence-electron chi connectivity index (χ2n) is 8.55. The van der Waals surface area contributed by atoms with Crippen molar-refractivity contribution in [3.8, 4) is 0 Å². The van der Waals surface area contributed by atoms with Crippen molar-refractivity contribution < 1.29 is 35.1 Å². The summed E-state index contributed by atoms with van der Waals surface area (Å²) in [7, 11) is 0. The van der Waals surface area contributed by atoms with Gasteiger partial charge in [0.05, 0.1) is 19.3 Å². The number of aliphatic hydroxyl groups excluding tert-OH is 5. The summed E-state index contributed by atoms with van der Waals surface area (Å²) >= 11 is 0. The summed E-state index contributed by atoms with van der Waals surface area (Å²) in [5.74, 6) is 0.311. The predicted molar refractivity (Wildman–Crippen MR) is 121 cm³/mol. The maximum atomic E-state index is 12.0. The van der Waals surface area contributed by atoms with E-state index in [4.69, 9.17) is 9.84 Å². The molecule has 0 aliphatic rings. The van der Waals surface area contributed by atoms with E-state index in [1.54, 1.807) is 0 Å². The lowest BCUT2D eigenvalue weighted by atomic mass is 9.95. The molecular weight excluding hydrogens is 402 g/mol. The van der Waals surface area contributed by atoms with E-state index in [1.165, 1.54) is 51.4 Å². The number of carbonyl (C=O) groups is 1. The Kier molecular flexibility index (Phi) is 19.1. The molecule has 8 nitrogen and oxygen atoms in total. The fraction of sp³-hybridized carbons (Fsp3) is 0.957. The van der Waals surface area contributed by atoms with Crippen LogP contribution in [0.1, 0.15) is 90.9 Å². The van der Waals surface area contributed by atoms with Gasteiger partial charge in [-0.15, -0.1) is 0 Å². The predicted octanol–water partition coefficient (Wildman–Crippen LogP) is 2.49. The summed E-state index contributed by atoms with van der Waals surface area (Å²) in [4.78, 5) is 12.0. The number of carbonyl (C=O) groups excluding carboxylic acids is 1. The van der Waals surface area contributed by atoms with E-state index in [2.05, 4.69) is 19.2 Å². The van der Waals surface area contributed by atoms with E-state index in [9.17, 15) is 25.2 Å². The van der Waals surface area contributed by atoms with Crippen LogP contribution in [-0.2, 0) is 4.74 Å². The van der Waals surface area contributed by atoms with Crippen LogP contribution < -0.4 is 5.32 Å². The monoisotopic (exact) mass is 449 g/mol. The van der Waals surface area contributed by atoms with E-state index in [-0.39, 0.29) is 6.54 Å². The first-order valence-electron chi connectivity index (χ1n) is 12.1. The maximum absolute atomic E-state index is 12.0. The van der Waals surface area contributed by atoms with E-state index in [1.807, 2.05) is 0 Å². The first-order valence-corrected chi connectivity index (χ1v) is 12.1. The topological polar surface area (TPSA) is 139 Å². The average Bonchev–Trinajstić information content (AvgIpc) is 2.78. The molecule has 0 heterocycles. The minimum Gasteiger partial charge on any atom is -0.449 e. The molecule has 1 amide bonds. The number of amides is 1. The van der Waals surface area contributed by atoms with Gasteiger partial charge in [0, 0.05) is 6.54 Å². The second-order valence-corrected chi connectivity index (χ2v) is 8.55. The van der Waals surface area contributed by atoms with E-state index < -0.39 is 37.1 Å². The van der Waals surface area contributed by atoms with Crippen molar-refractivity contribution in [2.24, 2.45) is 5.92 Å². The molecule has 31 heavy (non-hydrogen) atoms. The normalized spacial score (nSPS) is 16.4. The van der Waals surface area contributed by atoms with Crippen molar-refractivity contribution >= 4 is 6.09 Å². The highest BCUT2D eigenvalue weighted by Crippen LogP contribution is 2.19. The van der Waals surface area contributed by atoms with Crippen molar-refractivity contribution in [1.29, 1.82) is 0 Å².